The maximum Gasteiger partial charge on any atom is 0.254 e. The van der Waals surface area contributed by atoms with E-state index in [1.54, 1.807) is 16.2 Å². The Hall–Kier alpha value is -1.88. The van der Waals surface area contributed by atoms with Gasteiger partial charge >= 0.3 is 0 Å². The fraction of sp³-hybridized carbons (Fsp3) is 0.412. The predicted octanol–water partition coefficient (Wildman–Crippen LogP) is 3.85. The molecule has 1 heterocycles. The van der Waals surface area contributed by atoms with Gasteiger partial charge in [-0.2, -0.15) is 0 Å². The molecule has 0 saturated carbocycles. The van der Waals surface area contributed by atoms with Gasteiger partial charge in [-0.25, -0.2) is 4.98 Å². The van der Waals surface area contributed by atoms with Crippen LogP contribution in [-0.4, -0.2) is 28.9 Å². The lowest BCUT2D eigenvalue weighted by Gasteiger charge is -2.22. The van der Waals surface area contributed by atoms with Crippen molar-refractivity contribution in [2.45, 2.75) is 40.3 Å². The SMILES string of the molecule is Cc1nc(CNc2ccc(C)c(C(=O)N(C)C(C)C)c2)cs1. The second kappa shape index (κ2) is 6.92. The summed E-state index contributed by atoms with van der Waals surface area (Å²) in [4.78, 5) is 18.7. The maximum absolute atomic E-state index is 12.5. The summed E-state index contributed by atoms with van der Waals surface area (Å²) < 4.78 is 0. The molecule has 0 fully saturated rings. The third-order valence-electron chi connectivity index (χ3n) is 3.70. The van der Waals surface area contributed by atoms with E-state index in [1.165, 1.54) is 0 Å². The Morgan fingerprint density at radius 3 is 2.68 bits per heavy atom. The van der Waals surface area contributed by atoms with Crippen LogP contribution in [0.5, 0.6) is 0 Å². The number of aryl methyl sites for hydroxylation is 2. The Morgan fingerprint density at radius 2 is 2.09 bits per heavy atom. The van der Waals surface area contributed by atoms with Crippen molar-refractivity contribution in [1.29, 1.82) is 0 Å². The number of carbonyl (C=O) groups excluding carboxylic acids is 1. The van der Waals surface area contributed by atoms with E-state index in [2.05, 4.69) is 15.7 Å². The quantitative estimate of drug-likeness (QED) is 0.911. The zero-order chi connectivity index (χ0) is 16.3. The second-order valence-electron chi connectivity index (χ2n) is 5.75. The van der Waals surface area contributed by atoms with Crippen molar-refractivity contribution in [3.63, 3.8) is 0 Å². The van der Waals surface area contributed by atoms with E-state index in [4.69, 9.17) is 0 Å². The predicted molar refractivity (Wildman–Crippen MR) is 92.6 cm³/mol. The number of benzene rings is 1. The van der Waals surface area contributed by atoms with Gasteiger partial charge < -0.3 is 10.2 Å². The summed E-state index contributed by atoms with van der Waals surface area (Å²) in [5, 5.41) is 6.45. The Labute approximate surface area is 136 Å². The first kappa shape index (κ1) is 16.5. The van der Waals surface area contributed by atoms with Crippen LogP contribution in [0.1, 0.15) is 40.5 Å². The van der Waals surface area contributed by atoms with E-state index in [0.717, 1.165) is 27.5 Å². The number of amides is 1. The molecule has 1 aromatic heterocycles. The molecule has 0 unspecified atom stereocenters. The van der Waals surface area contributed by atoms with Crippen molar-refractivity contribution < 1.29 is 4.79 Å². The second-order valence-corrected chi connectivity index (χ2v) is 6.81. The molecule has 1 amide bonds. The standard InChI is InChI=1S/C17H23N3OS/c1-11(2)20(5)17(21)16-8-14(7-6-12(16)3)18-9-15-10-22-13(4)19-15/h6-8,10-11,18H,9H2,1-5H3. The van der Waals surface area contributed by atoms with Gasteiger partial charge in [0.1, 0.15) is 0 Å². The number of rotatable bonds is 5. The molecule has 0 aliphatic heterocycles. The number of anilines is 1. The molecular weight excluding hydrogens is 294 g/mol. The van der Waals surface area contributed by atoms with Crippen molar-refractivity contribution in [3.05, 3.63) is 45.4 Å². The summed E-state index contributed by atoms with van der Waals surface area (Å²) in [7, 11) is 1.84. The van der Waals surface area contributed by atoms with Gasteiger partial charge in [-0.15, -0.1) is 11.3 Å². The summed E-state index contributed by atoms with van der Waals surface area (Å²) in [6, 6.07) is 6.09. The topological polar surface area (TPSA) is 45.2 Å². The minimum absolute atomic E-state index is 0.0562. The monoisotopic (exact) mass is 317 g/mol. The van der Waals surface area contributed by atoms with Crippen LogP contribution < -0.4 is 5.32 Å². The van der Waals surface area contributed by atoms with Crippen molar-refractivity contribution >= 4 is 22.9 Å². The van der Waals surface area contributed by atoms with Crippen molar-refractivity contribution in [2.24, 2.45) is 0 Å². The van der Waals surface area contributed by atoms with Crippen LogP contribution in [0, 0.1) is 13.8 Å². The Kier molecular flexibility index (Phi) is 5.19. The van der Waals surface area contributed by atoms with E-state index < -0.39 is 0 Å². The maximum atomic E-state index is 12.5. The van der Waals surface area contributed by atoms with Crippen LogP contribution in [-0.2, 0) is 6.54 Å². The van der Waals surface area contributed by atoms with Gasteiger partial charge in [0.15, 0.2) is 0 Å². The Morgan fingerprint density at radius 1 is 1.36 bits per heavy atom. The highest BCUT2D eigenvalue weighted by molar-refractivity contribution is 7.09. The van der Waals surface area contributed by atoms with Crippen LogP contribution in [0.4, 0.5) is 5.69 Å². The molecule has 0 bridgehead atoms. The average Bonchev–Trinajstić information content (AvgIpc) is 2.90. The molecule has 0 spiro atoms. The summed E-state index contributed by atoms with van der Waals surface area (Å²) in [6.07, 6.45) is 0. The zero-order valence-electron chi connectivity index (χ0n) is 13.8. The molecule has 2 aromatic rings. The molecule has 1 N–H and O–H groups in total. The lowest BCUT2D eigenvalue weighted by molar-refractivity contribution is 0.0754. The molecule has 22 heavy (non-hydrogen) atoms. The first-order valence-corrected chi connectivity index (χ1v) is 8.29. The molecule has 0 radical (unpaired) electrons. The van der Waals surface area contributed by atoms with E-state index in [9.17, 15) is 4.79 Å². The molecule has 118 valence electrons. The van der Waals surface area contributed by atoms with Gasteiger partial charge in [0.25, 0.3) is 5.91 Å². The number of nitrogens with zero attached hydrogens (tertiary/aromatic N) is 2. The van der Waals surface area contributed by atoms with Gasteiger partial charge in [0, 0.05) is 29.7 Å². The molecule has 0 atom stereocenters. The number of hydrogen-bond donors (Lipinski definition) is 1. The van der Waals surface area contributed by atoms with E-state index in [0.29, 0.717) is 6.54 Å². The van der Waals surface area contributed by atoms with Gasteiger partial charge in [0.05, 0.1) is 17.2 Å². The molecule has 2 rings (SSSR count). The summed E-state index contributed by atoms with van der Waals surface area (Å²) in [5.74, 6) is 0.0562. The molecule has 0 saturated heterocycles. The lowest BCUT2D eigenvalue weighted by Crippen LogP contribution is -2.33. The number of nitrogens with one attached hydrogen (secondary N) is 1. The minimum atomic E-state index is 0.0562. The lowest BCUT2D eigenvalue weighted by atomic mass is 10.1. The van der Waals surface area contributed by atoms with Crippen LogP contribution >= 0.6 is 11.3 Å². The third-order valence-corrected chi connectivity index (χ3v) is 4.53. The first-order valence-electron chi connectivity index (χ1n) is 7.41. The van der Waals surface area contributed by atoms with Crippen LogP contribution in [0.3, 0.4) is 0 Å². The normalized spacial score (nSPS) is 10.8. The molecule has 1 aromatic carbocycles. The molecule has 4 nitrogen and oxygen atoms in total. The van der Waals surface area contributed by atoms with Gasteiger partial charge in [0.2, 0.25) is 0 Å². The fourth-order valence-electron chi connectivity index (χ4n) is 2.07. The Bertz CT molecular complexity index is 664. The largest absolute Gasteiger partial charge is 0.379 e. The van der Waals surface area contributed by atoms with Crippen LogP contribution in [0.25, 0.3) is 0 Å². The summed E-state index contributed by atoms with van der Waals surface area (Å²) in [6.45, 7) is 8.66. The zero-order valence-corrected chi connectivity index (χ0v) is 14.6. The summed E-state index contributed by atoms with van der Waals surface area (Å²) >= 11 is 1.65. The Balaban J connectivity index is 2.14. The first-order chi connectivity index (χ1) is 10.4. The van der Waals surface area contributed by atoms with Gasteiger partial charge in [-0.05, 0) is 45.4 Å². The molecule has 0 aliphatic carbocycles. The number of hydrogen-bond acceptors (Lipinski definition) is 4. The number of thiazole rings is 1. The van der Waals surface area contributed by atoms with Crippen LogP contribution in [0.2, 0.25) is 0 Å². The smallest absolute Gasteiger partial charge is 0.254 e. The third kappa shape index (κ3) is 3.85. The number of carbonyl (C=O) groups is 1. The van der Waals surface area contributed by atoms with Crippen molar-refractivity contribution in [2.75, 3.05) is 12.4 Å². The van der Waals surface area contributed by atoms with E-state index >= 15 is 0 Å². The average molecular weight is 317 g/mol. The fourth-order valence-corrected chi connectivity index (χ4v) is 2.68. The summed E-state index contributed by atoms with van der Waals surface area (Å²) in [5.41, 5.74) is 3.70. The highest BCUT2D eigenvalue weighted by atomic mass is 32.1. The molecule has 0 aliphatic rings. The van der Waals surface area contributed by atoms with Crippen molar-refractivity contribution in [3.8, 4) is 0 Å². The van der Waals surface area contributed by atoms with Crippen molar-refractivity contribution in [1.82, 2.24) is 9.88 Å². The number of aromatic nitrogens is 1. The highest BCUT2D eigenvalue weighted by Crippen LogP contribution is 2.19. The van der Waals surface area contributed by atoms with E-state index in [-0.39, 0.29) is 11.9 Å². The molecular formula is C17H23N3OS. The van der Waals surface area contributed by atoms with Gasteiger partial charge in [-0.3, -0.25) is 4.79 Å². The minimum Gasteiger partial charge on any atom is -0.379 e. The van der Waals surface area contributed by atoms with Gasteiger partial charge in [-0.1, -0.05) is 6.07 Å². The van der Waals surface area contributed by atoms with Crippen LogP contribution in [0.15, 0.2) is 23.6 Å². The molecule has 5 heteroatoms. The van der Waals surface area contributed by atoms with E-state index in [1.807, 2.05) is 52.9 Å². The highest BCUT2D eigenvalue weighted by Gasteiger charge is 2.16.